The summed E-state index contributed by atoms with van der Waals surface area (Å²) in [5.41, 5.74) is 2.01. The number of aryl methyl sites for hydroxylation is 2. The summed E-state index contributed by atoms with van der Waals surface area (Å²) in [5, 5.41) is 5.13. The molecule has 90 valence electrons. The lowest BCUT2D eigenvalue weighted by Gasteiger charge is -2.27. The lowest BCUT2D eigenvalue weighted by atomic mass is 9.96. The van der Waals surface area contributed by atoms with Crippen molar-refractivity contribution in [3.05, 3.63) is 16.4 Å². The van der Waals surface area contributed by atoms with Crippen LogP contribution in [0.1, 0.15) is 17.8 Å². The fourth-order valence-electron chi connectivity index (χ4n) is 2.11. The number of hydrogen-bond donors (Lipinski definition) is 0. The average Bonchev–Trinajstić information content (AvgIpc) is 2.48. The van der Waals surface area contributed by atoms with Crippen LogP contribution in [0.15, 0.2) is 0 Å². The average molecular weight is 308 g/mol. The van der Waals surface area contributed by atoms with Gasteiger partial charge in [-0.1, -0.05) is 27.5 Å². The van der Waals surface area contributed by atoms with Gasteiger partial charge in [0.15, 0.2) is 0 Å². The van der Waals surface area contributed by atoms with E-state index in [2.05, 4.69) is 21.0 Å². The number of aromatic nitrogens is 2. The van der Waals surface area contributed by atoms with Crippen molar-refractivity contribution in [2.75, 3.05) is 13.2 Å². The summed E-state index contributed by atoms with van der Waals surface area (Å²) in [6.45, 7) is 3.59. The molecule has 0 bridgehead atoms. The molecule has 3 nitrogen and oxygen atoms in total. The fourth-order valence-corrected chi connectivity index (χ4v) is 2.87. The van der Waals surface area contributed by atoms with E-state index >= 15 is 0 Å². The molecule has 2 atom stereocenters. The van der Waals surface area contributed by atoms with E-state index in [1.165, 1.54) is 0 Å². The molecular weight excluding hydrogens is 291 g/mol. The molecule has 1 saturated heterocycles. The molecule has 0 amide bonds. The van der Waals surface area contributed by atoms with Crippen LogP contribution >= 0.6 is 27.5 Å². The summed E-state index contributed by atoms with van der Waals surface area (Å²) in [6, 6.07) is 0. The Balaban J connectivity index is 2.13. The number of rotatable bonds is 2. The molecule has 0 N–H and O–H groups in total. The van der Waals surface area contributed by atoms with E-state index in [0.717, 1.165) is 42.5 Å². The van der Waals surface area contributed by atoms with Crippen LogP contribution in [0.25, 0.3) is 0 Å². The first-order chi connectivity index (χ1) is 7.59. The van der Waals surface area contributed by atoms with Crippen LogP contribution in [0.2, 0.25) is 5.02 Å². The Morgan fingerprint density at radius 3 is 2.94 bits per heavy atom. The van der Waals surface area contributed by atoms with Gasteiger partial charge in [0, 0.05) is 24.4 Å². The summed E-state index contributed by atoms with van der Waals surface area (Å²) in [7, 11) is 1.95. The second-order valence-electron chi connectivity index (χ2n) is 4.31. The summed E-state index contributed by atoms with van der Waals surface area (Å²) >= 11 is 9.96. The SMILES string of the molecule is Cc1nn(C)c(CC2COCCC2Br)c1Cl. The third-order valence-corrected chi connectivity index (χ3v) is 4.80. The lowest BCUT2D eigenvalue weighted by molar-refractivity contribution is 0.0599. The molecule has 1 aromatic rings. The Morgan fingerprint density at radius 2 is 2.38 bits per heavy atom. The van der Waals surface area contributed by atoms with Gasteiger partial charge in [-0.3, -0.25) is 4.68 Å². The molecular formula is C11H16BrClN2O. The lowest BCUT2D eigenvalue weighted by Crippen LogP contribution is -2.30. The van der Waals surface area contributed by atoms with Gasteiger partial charge >= 0.3 is 0 Å². The van der Waals surface area contributed by atoms with Crippen LogP contribution in [0.5, 0.6) is 0 Å². The van der Waals surface area contributed by atoms with Gasteiger partial charge in [0.2, 0.25) is 0 Å². The third kappa shape index (κ3) is 2.44. The van der Waals surface area contributed by atoms with Gasteiger partial charge in [-0.2, -0.15) is 5.10 Å². The molecule has 0 aromatic carbocycles. The van der Waals surface area contributed by atoms with E-state index < -0.39 is 0 Å². The maximum atomic E-state index is 6.24. The van der Waals surface area contributed by atoms with Crippen LogP contribution in [-0.2, 0) is 18.2 Å². The monoisotopic (exact) mass is 306 g/mol. The van der Waals surface area contributed by atoms with Gasteiger partial charge in [-0.05, 0) is 19.8 Å². The molecule has 1 fully saturated rings. The number of nitrogens with zero attached hydrogens (tertiary/aromatic N) is 2. The van der Waals surface area contributed by atoms with Gasteiger partial charge in [0.1, 0.15) is 0 Å². The predicted molar refractivity (Wildman–Crippen MR) is 68.3 cm³/mol. The Bertz CT molecular complexity index is 380. The summed E-state index contributed by atoms with van der Waals surface area (Å²) < 4.78 is 7.39. The number of alkyl halides is 1. The third-order valence-electron chi connectivity index (χ3n) is 3.10. The highest BCUT2D eigenvalue weighted by Crippen LogP contribution is 2.29. The largest absolute Gasteiger partial charge is 0.381 e. The number of ether oxygens (including phenoxy) is 1. The van der Waals surface area contributed by atoms with Crippen molar-refractivity contribution in [2.24, 2.45) is 13.0 Å². The minimum absolute atomic E-state index is 0.487. The Morgan fingerprint density at radius 1 is 1.62 bits per heavy atom. The molecule has 5 heteroatoms. The second kappa shape index (κ2) is 5.07. The van der Waals surface area contributed by atoms with Crippen molar-refractivity contribution in [3.8, 4) is 0 Å². The van der Waals surface area contributed by atoms with Gasteiger partial charge in [0.05, 0.1) is 23.0 Å². The first-order valence-corrected chi connectivity index (χ1v) is 6.78. The van der Waals surface area contributed by atoms with Crippen LogP contribution in [0.3, 0.4) is 0 Å². The number of halogens is 2. The van der Waals surface area contributed by atoms with Crippen molar-refractivity contribution in [1.29, 1.82) is 0 Å². The van der Waals surface area contributed by atoms with E-state index in [-0.39, 0.29) is 0 Å². The van der Waals surface area contributed by atoms with E-state index in [1.54, 1.807) is 0 Å². The van der Waals surface area contributed by atoms with Crippen LogP contribution < -0.4 is 0 Å². The van der Waals surface area contributed by atoms with Crippen molar-refractivity contribution in [2.45, 2.75) is 24.6 Å². The maximum Gasteiger partial charge on any atom is 0.0847 e. The van der Waals surface area contributed by atoms with Gasteiger partial charge < -0.3 is 4.74 Å². The second-order valence-corrected chi connectivity index (χ2v) is 5.87. The highest BCUT2D eigenvalue weighted by Gasteiger charge is 2.26. The number of hydrogen-bond acceptors (Lipinski definition) is 2. The molecule has 2 unspecified atom stereocenters. The predicted octanol–water partition coefficient (Wildman–Crippen LogP) is 2.72. The smallest absolute Gasteiger partial charge is 0.0847 e. The van der Waals surface area contributed by atoms with E-state index in [9.17, 15) is 0 Å². The molecule has 0 aliphatic carbocycles. The fraction of sp³-hybridized carbons (Fsp3) is 0.727. The highest BCUT2D eigenvalue weighted by molar-refractivity contribution is 9.09. The van der Waals surface area contributed by atoms with Crippen LogP contribution in [0.4, 0.5) is 0 Å². The molecule has 0 radical (unpaired) electrons. The first-order valence-electron chi connectivity index (χ1n) is 5.49. The zero-order valence-electron chi connectivity index (χ0n) is 9.54. The minimum atomic E-state index is 0.487. The molecule has 2 heterocycles. The van der Waals surface area contributed by atoms with E-state index in [1.807, 2.05) is 18.7 Å². The zero-order valence-corrected chi connectivity index (χ0v) is 11.9. The molecule has 1 aliphatic heterocycles. The quantitative estimate of drug-likeness (QED) is 0.786. The zero-order chi connectivity index (χ0) is 11.7. The normalized spacial score (nSPS) is 26.0. The van der Waals surface area contributed by atoms with Crippen molar-refractivity contribution < 1.29 is 4.74 Å². The van der Waals surface area contributed by atoms with Crippen molar-refractivity contribution in [1.82, 2.24) is 9.78 Å². The molecule has 0 saturated carbocycles. The van der Waals surface area contributed by atoms with E-state index in [4.69, 9.17) is 16.3 Å². The van der Waals surface area contributed by atoms with Crippen molar-refractivity contribution >= 4 is 27.5 Å². The van der Waals surface area contributed by atoms with Gasteiger partial charge in [0.25, 0.3) is 0 Å². The molecule has 1 aliphatic rings. The Kier molecular flexibility index (Phi) is 3.93. The topological polar surface area (TPSA) is 27.1 Å². The molecule has 16 heavy (non-hydrogen) atoms. The molecule has 0 spiro atoms. The molecule has 2 rings (SSSR count). The van der Waals surface area contributed by atoms with Gasteiger partial charge in [-0.15, -0.1) is 0 Å². The Labute approximate surface area is 109 Å². The first kappa shape index (κ1) is 12.4. The summed E-state index contributed by atoms with van der Waals surface area (Å²) in [4.78, 5) is 0.521. The highest BCUT2D eigenvalue weighted by atomic mass is 79.9. The standard InChI is InChI=1S/C11H16BrClN2O/c1-7-11(13)10(15(2)14-7)5-8-6-16-4-3-9(8)12/h8-9H,3-6H2,1-2H3. The van der Waals surface area contributed by atoms with Crippen molar-refractivity contribution in [3.63, 3.8) is 0 Å². The van der Waals surface area contributed by atoms with Crippen LogP contribution in [-0.4, -0.2) is 27.8 Å². The Hall–Kier alpha value is -0.0600. The molecule has 1 aromatic heterocycles. The summed E-state index contributed by atoms with van der Waals surface area (Å²) in [6.07, 6.45) is 1.99. The minimum Gasteiger partial charge on any atom is -0.381 e. The van der Waals surface area contributed by atoms with Gasteiger partial charge in [-0.25, -0.2) is 0 Å². The summed E-state index contributed by atoms with van der Waals surface area (Å²) in [5.74, 6) is 0.487. The maximum absolute atomic E-state index is 6.24. The van der Waals surface area contributed by atoms with Crippen LogP contribution in [0, 0.1) is 12.8 Å². The van der Waals surface area contributed by atoms with E-state index in [0.29, 0.717) is 10.7 Å².